The van der Waals surface area contributed by atoms with Crippen molar-refractivity contribution in [3.8, 4) is 6.07 Å². The number of hydrogen-bond acceptors (Lipinski definition) is 3. The molecule has 2 aromatic carbocycles. The van der Waals surface area contributed by atoms with Crippen LogP contribution in [0.25, 0.3) is 0 Å². The van der Waals surface area contributed by atoms with Crippen LogP contribution in [0.15, 0.2) is 57.9 Å². The molecule has 1 N–H and O–H groups in total. The fraction of sp³-hybridized carbons (Fsp3) is 0. The second-order valence-electron chi connectivity index (χ2n) is 3.35. The Morgan fingerprint density at radius 2 is 1.65 bits per heavy atom. The Morgan fingerprint density at radius 1 is 1.00 bits per heavy atom. The molecule has 2 aromatic rings. The van der Waals surface area contributed by atoms with Gasteiger partial charge in [0.25, 0.3) is 0 Å². The molecule has 0 atom stereocenters. The van der Waals surface area contributed by atoms with Gasteiger partial charge in [0.1, 0.15) is 0 Å². The summed E-state index contributed by atoms with van der Waals surface area (Å²) in [5, 5.41) is 8.68. The van der Waals surface area contributed by atoms with E-state index < -0.39 is 0 Å². The molecule has 0 unspecified atom stereocenters. The van der Waals surface area contributed by atoms with Crippen LogP contribution in [0.5, 0.6) is 0 Å². The lowest BCUT2D eigenvalue weighted by Gasteiger charge is -2.05. The maximum absolute atomic E-state index is 8.68. The first-order valence-electron chi connectivity index (χ1n) is 4.96. The van der Waals surface area contributed by atoms with Crippen LogP contribution in [0.1, 0.15) is 5.56 Å². The minimum absolute atomic E-state index is 0.671. The second-order valence-corrected chi connectivity index (χ2v) is 5.14. The van der Waals surface area contributed by atoms with E-state index in [-0.39, 0.29) is 0 Å². The standard InChI is InChI=1S/C13H9BrN2S/c14-11-3-7-13(8-4-11)17-16-12-5-1-10(9-15)2-6-12/h1-8,16H. The fourth-order valence-electron chi connectivity index (χ4n) is 1.23. The van der Waals surface area contributed by atoms with Crippen LogP contribution in [-0.4, -0.2) is 0 Å². The lowest BCUT2D eigenvalue weighted by Crippen LogP contribution is -1.86. The van der Waals surface area contributed by atoms with E-state index in [4.69, 9.17) is 5.26 Å². The number of nitriles is 1. The zero-order valence-corrected chi connectivity index (χ0v) is 11.3. The van der Waals surface area contributed by atoms with Crippen molar-refractivity contribution in [2.24, 2.45) is 0 Å². The maximum atomic E-state index is 8.68. The van der Waals surface area contributed by atoms with Gasteiger partial charge in [-0.05, 0) is 60.5 Å². The monoisotopic (exact) mass is 304 g/mol. The van der Waals surface area contributed by atoms with Gasteiger partial charge >= 0.3 is 0 Å². The van der Waals surface area contributed by atoms with Crippen molar-refractivity contribution in [3.05, 3.63) is 58.6 Å². The minimum Gasteiger partial charge on any atom is -0.326 e. The SMILES string of the molecule is N#Cc1ccc(NSc2ccc(Br)cc2)cc1. The number of rotatable bonds is 3. The Morgan fingerprint density at radius 3 is 2.24 bits per heavy atom. The molecule has 17 heavy (non-hydrogen) atoms. The average molecular weight is 305 g/mol. The third-order valence-electron chi connectivity index (χ3n) is 2.11. The maximum Gasteiger partial charge on any atom is 0.0991 e. The van der Waals surface area contributed by atoms with E-state index in [1.165, 1.54) is 0 Å². The molecule has 0 saturated heterocycles. The number of anilines is 1. The molecule has 0 bridgehead atoms. The van der Waals surface area contributed by atoms with Gasteiger partial charge in [0.05, 0.1) is 11.6 Å². The summed E-state index contributed by atoms with van der Waals surface area (Å²) in [7, 11) is 0. The van der Waals surface area contributed by atoms with Crippen LogP contribution in [0.3, 0.4) is 0 Å². The average Bonchev–Trinajstić information content (AvgIpc) is 2.39. The minimum atomic E-state index is 0.671. The quantitative estimate of drug-likeness (QED) is 0.852. The van der Waals surface area contributed by atoms with Crippen LogP contribution >= 0.6 is 27.9 Å². The number of halogens is 1. The number of nitrogens with zero attached hydrogens (tertiary/aromatic N) is 1. The zero-order valence-electron chi connectivity index (χ0n) is 8.85. The highest BCUT2D eigenvalue weighted by molar-refractivity contribution is 9.10. The van der Waals surface area contributed by atoms with Crippen LogP contribution in [0, 0.1) is 11.3 Å². The Bertz CT molecular complexity index is 529. The molecule has 2 nitrogen and oxygen atoms in total. The van der Waals surface area contributed by atoms with Crippen LogP contribution in [0.2, 0.25) is 0 Å². The topological polar surface area (TPSA) is 35.8 Å². The van der Waals surface area contributed by atoms with Gasteiger partial charge in [-0.2, -0.15) is 5.26 Å². The van der Waals surface area contributed by atoms with Crippen molar-refractivity contribution in [1.82, 2.24) is 0 Å². The normalized spacial score (nSPS) is 9.65. The first-order chi connectivity index (χ1) is 8.28. The summed E-state index contributed by atoms with van der Waals surface area (Å²) in [6, 6.07) is 17.5. The van der Waals surface area contributed by atoms with Crippen molar-refractivity contribution >= 4 is 33.6 Å². The Balaban J connectivity index is 1.98. The van der Waals surface area contributed by atoms with Crippen LogP contribution < -0.4 is 4.72 Å². The van der Waals surface area contributed by atoms with Crippen molar-refractivity contribution in [2.45, 2.75) is 4.90 Å². The van der Waals surface area contributed by atoms with E-state index in [9.17, 15) is 0 Å². The smallest absolute Gasteiger partial charge is 0.0991 e. The summed E-state index contributed by atoms with van der Waals surface area (Å²) >= 11 is 4.94. The molecule has 2 rings (SSSR count). The molecule has 0 aliphatic carbocycles. The highest BCUT2D eigenvalue weighted by atomic mass is 79.9. The summed E-state index contributed by atoms with van der Waals surface area (Å²) < 4.78 is 4.29. The van der Waals surface area contributed by atoms with Crippen molar-refractivity contribution < 1.29 is 0 Å². The third-order valence-corrected chi connectivity index (χ3v) is 3.49. The molecule has 84 valence electrons. The molecule has 0 spiro atoms. The summed E-state index contributed by atoms with van der Waals surface area (Å²) in [5.41, 5.74) is 1.65. The van der Waals surface area contributed by atoms with Crippen LogP contribution in [0.4, 0.5) is 5.69 Å². The molecule has 4 heteroatoms. The van der Waals surface area contributed by atoms with Gasteiger partial charge in [-0.1, -0.05) is 15.9 Å². The van der Waals surface area contributed by atoms with Crippen molar-refractivity contribution in [2.75, 3.05) is 4.72 Å². The van der Waals surface area contributed by atoms with Gasteiger partial charge < -0.3 is 4.72 Å². The fourth-order valence-corrected chi connectivity index (χ4v) is 2.14. The van der Waals surface area contributed by atoms with Gasteiger partial charge in [-0.25, -0.2) is 0 Å². The van der Waals surface area contributed by atoms with Gasteiger partial charge in [0.2, 0.25) is 0 Å². The van der Waals surface area contributed by atoms with E-state index in [1.807, 2.05) is 36.4 Å². The molecule has 0 radical (unpaired) electrons. The highest BCUT2D eigenvalue weighted by Gasteiger charge is 1.96. The summed E-state index contributed by atoms with van der Waals surface area (Å²) in [6.07, 6.45) is 0. The van der Waals surface area contributed by atoms with Crippen molar-refractivity contribution in [3.63, 3.8) is 0 Å². The van der Waals surface area contributed by atoms with E-state index in [0.717, 1.165) is 15.1 Å². The lowest BCUT2D eigenvalue weighted by molar-refractivity contribution is 1.44. The predicted octanol–water partition coefficient (Wildman–Crippen LogP) is 4.44. The van der Waals surface area contributed by atoms with E-state index in [1.54, 1.807) is 24.1 Å². The molecule has 0 aliphatic rings. The molecule has 0 saturated carbocycles. The van der Waals surface area contributed by atoms with Crippen LogP contribution in [-0.2, 0) is 0 Å². The van der Waals surface area contributed by atoms with E-state index >= 15 is 0 Å². The molecule has 0 fully saturated rings. The lowest BCUT2D eigenvalue weighted by atomic mass is 10.2. The summed E-state index contributed by atoms with van der Waals surface area (Å²) in [4.78, 5) is 1.14. The molecule has 0 heterocycles. The Kier molecular flexibility index (Phi) is 4.08. The molecule has 0 aliphatic heterocycles. The van der Waals surface area contributed by atoms with E-state index in [0.29, 0.717) is 5.56 Å². The Hall–Kier alpha value is -1.44. The number of benzene rings is 2. The highest BCUT2D eigenvalue weighted by Crippen LogP contribution is 2.22. The van der Waals surface area contributed by atoms with Gasteiger partial charge in [-0.15, -0.1) is 0 Å². The molecular formula is C13H9BrN2S. The molecule has 0 amide bonds. The zero-order chi connectivity index (χ0) is 12.1. The first kappa shape index (κ1) is 12.0. The van der Waals surface area contributed by atoms with Crippen molar-refractivity contribution in [1.29, 1.82) is 5.26 Å². The second kappa shape index (κ2) is 5.76. The van der Waals surface area contributed by atoms with Gasteiger partial charge in [-0.3, -0.25) is 0 Å². The molecular weight excluding hydrogens is 296 g/mol. The summed E-state index contributed by atoms with van der Waals surface area (Å²) in [6.45, 7) is 0. The third kappa shape index (κ3) is 3.52. The Labute approximate surface area is 113 Å². The first-order valence-corrected chi connectivity index (χ1v) is 6.57. The van der Waals surface area contributed by atoms with E-state index in [2.05, 4.69) is 26.7 Å². The predicted molar refractivity (Wildman–Crippen MR) is 74.8 cm³/mol. The molecule has 0 aromatic heterocycles. The largest absolute Gasteiger partial charge is 0.326 e. The number of nitrogens with one attached hydrogen (secondary N) is 1. The van der Waals surface area contributed by atoms with Gasteiger partial charge in [0.15, 0.2) is 0 Å². The number of hydrogen-bond donors (Lipinski definition) is 1. The van der Waals surface area contributed by atoms with Gasteiger partial charge in [0, 0.05) is 15.1 Å². The summed E-state index contributed by atoms with van der Waals surface area (Å²) in [5.74, 6) is 0.